The smallest absolute Gasteiger partial charge is 0.120 e. The number of fused-ring (bicyclic) bond motifs is 5. The van der Waals surface area contributed by atoms with Crippen LogP contribution >= 0.6 is 0 Å². The Labute approximate surface area is 370 Å². The van der Waals surface area contributed by atoms with Crippen molar-refractivity contribution in [3.05, 3.63) is 198 Å². The number of aliphatic imine (C=N–C) groups is 1. The molecule has 0 N–H and O–H groups in total. The maximum absolute atomic E-state index is 6.43. The van der Waals surface area contributed by atoms with Gasteiger partial charge < -0.3 is 4.42 Å². The number of para-hydroxylation sites is 2. The second-order valence-corrected chi connectivity index (χ2v) is 28.4. The van der Waals surface area contributed by atoms with Crippen molar-refractivity contribution >= 4 is 61.8 Å². The van der Waals surface area contributed by atoms with E-state index in [0.717, 1.165) is 56.6 Å². The van der Waals surface area contributed by atoms with Crippen LogP contribution in [0.15, 0.2) is 173 Å². The minimum Gasteiger partial charge on any atom is -0.501 e. The van der Waals surface area contributed by atoms with E-state index in [4.69, 9.17) is 14.4 Å². The van der Waals surface area contributed by atoms with Crippen LogP contribution in [-0.2, 0) is 26.5 Å². The van der Waals surface area contributed by atoms with Crippen LogP contribution in [0.3, 0.4) is 0 Å². The van der Waals surface area contributed by atoms with Crippen molar-refractivity contribution in [2.75, 3.05) is 0 Å². The number of aromatic nitrogens is 1. The first-order valence-electron chi connectivity index (χ1n) is 20.6. The number of pyridine rings is 1. The van der Waals surface area contributed by atoms with Crippen LogP contribution < -0.4 is 4.40 Å². The Morgan fingerprint density at radius 2 is 1.40 bits per heavy atom. The van der Waals surface area contributed by atoms with Gasteiger partial charge in [-0.15, -0.1) is 18.2 Å². The predicted octanol–water partition coefficient (Wildman–Crippen LogP) is 14.2. The third kappa shape index (κ3) is 8.34. The number of furan rings is 1. The Morgan fingerprint density at radius 1 is 0.650 bits per heavy atom. The van der Waals surface area contributed by atoms with Crippen molar-refractivity contribution in [2.24, 2.45) is 10.4 Å². The zero-order valence-electron chi connectivity index (χ0n) is 35.0. The van der Waals surface area contributed by atoms with Crippen LogP contribution in [0.1, 0.15) is 48.9 Å². The number of rotatable bonds is 6. The summed E-state index contributed by atoms with van der Waals surface area (Å²) in [6.07, 6.45) is 3.24. The van der Waals surface area contributed by atoms with Gasteiger partial charge in [-0.1, -0.05) is 108 Å². The van der Waals surface area contributed by atoms with Gasteiger partial charge >= 0.3 is 132 Å². The molecule has 1 aliphatic heterocycles. The van der Waals surface area contributed by atoms with Gasteiger partial charge in [-0.2, -0.15) is 0 Å². The average molecular weight is 1020 g/mol. The van der Waals surface area contributed by atoms with Gasteiger partial charge in [0.2, 0.25) is 0 Å². The molecule has 2 aromatic heterocycles. The molecule has 7 aromatic carbocycles. The molecule has 0 bridgehead atoms. The van der Waals surface area contributed by atoms with Crippen LogP contribution in [0.2, 0.25) is 17.3 Å². The Bertz CT molecular complexity index is 2990. The maximum Gasteiger partial charge on any atom is 0.120 e. The SMILES string of the molecule is CC(C)(C)Cc1cc(-c2[c-]cccc2)nc[c]1[Ge]([CH3])([CH3])[CH3].[Ir].[c-]1ccc2c(oc3ccccc32)c1C1=Nc2ccccc2C1c1cccc2ccc(-c3ccccc3)cc12. The van der Waals surface area contributed by atoms with E-state index in [-0.39, 0.29) is 26.0 Å². The largest absolute Gasteiger partial charge is 0.501 e. The standard InChI is InChI=1S/C36H22NO.C19H26GeN.Ir/c1-2-10-23(11-3-1)25-21-20-24-12-8-15-27(31(24)22-25)34-29-14-4-6-18-32(29)37-35(34)30-17-9-16-28-26-13-5-7-19-33(26)38-36(28)30;1-19(2,3)13-16-12-18(15-10-8-7-9-11-15)21-14-17(16)20(4,5)6;/h1-16,18-22,34H;7-10,12,14H,13H2,1-6H3;/q2*-1;. The topological polar surface area (TPSA) is 38.4 Å². The minimum atomic E-state index is -1.90. The van der Waals surface area contributed by atoms with E-state index in [1.165, 1.54) is 43.0 Å². The zero-order chi connectivity index (χ0) is 40.7. The average Bonchev–Trinajstić information content (AvgIpc) is 3.82. The molecule has 3 heterocycles. The van der Waals surface area contributed by atoms with Crippen LogP contribution in [0.25, 0.3) is 55.1 Å². The zero-order valence-corrected chi connectivity index (χ0v) is 39.5. The normalized spacial score (nSPS) is 13.7. The fourth-order valence-electron chi connectivity index (χ4n) is 8.52. The first-order chi connectivity index (χ1) is 28.5. The van der Waals surface area contributed by atoms with Crippen LogP contribution in [-0.4, -0.2) is 24.0 Å². The fraction of sp³-hybridized carbons (Fsp3) is 0.164. The van der Waals surface area contributed by atoms with Gasteiger partial charge in [0.15, 0.2) is 0 Å². The van der Waals surface area contributed by atoms with Crippen molar-refractivity contribution in [3.63, 3.8) is 0 Å². The van der Waals surface area contributed by atoms with E-state index < -0.39 is 13.3 Å². The first-order valence-corrected chi connectivity index (χ1v) is 27.9. The Kier molecular flexibility index (Phi) is 11.7. The van der Waals surface area contributed by atoms with Crippen LogP contribution in [0, 0.1) is 17.5 Å². The predicted molar refractivity (Wildman–Crippen MR) is 251 cm³/mol. The second-order valence-electron chi connectivity index (χ2n) is 17.8. The molecule has 0 aliphatic carbocycles. The van der Waals surface area contributed by atoms with Gasteiger partial charge in [0.25, 0.3) is 0 Å². The van der Waals surface area contributed by atoms with Crippen molar-refractivity contribution < 1.29 is 24.5 Å². The molecule has 1 atom stereocenters. The third-order valence-corrected chi connectivity index (χ3v) is 15.5. The number of hydrogen-bond acceptors (Lipinski definition) is 3. The molecule has 1 aliphatic rings. The van der Waals surface area contributed by atoms with Crippen LogP contribution in [0.5, 0.6) is 0 Å². The molecular formula is C55H48GeIrN2O-2. The summed E-state index contributed by atoms with van der Waals surface area (Å²) in [5.74, 6) is 7.29. The van der Waals surface area contributed by atoms with Crippen molar-refractivity contribution in [2.45, 2.75) is 50.4 Å². The number of hydrogen-bond donors (Lipinski definition) is 0. The molecule has 0 saturated carbocycles. The van der Waals surface area contributed by atoms with E-state index in [0.29, 0.717) is 5.41 Å². The first kappa shape index (κ1) is 41.4. The van der Waals surface area contributed by atoms with Gasteiger partial charge in [-0.05, 0) is 56.9 Å². The Hall–Kier alpha value is -5.39. The summed E-state index contributed by atoms with van der Waals surface area (Å²) in [6.45, 7) is 6.92. The molecule has 1 unspecified atom stereocenters. The molecule has 0 fully saturated rings. The summed E-state index contributed by atoms with van der Waals surface area (Å²) in [5, 5.41) is 4.66. The van der Waals surface area contributed by atoms with E-state index in [2.05, 4.69) is 178 Å². The Morgan fingerprint density at radius 3 is 2.18 bits per heavy atom. The minimum absolute atomic E-state index is 0. The monoisotopic (exact) mass is 1020 g/mol. The summed E-state index contributed by atoms with van der Waals surface area (Å²) < 4.78 is 7.96. The van der Waals surface area contributed by atoms with Crippen molar-refractivity contribution in [3.8, 4) is 22.4 Å². The van der Waals surface area contributed by atoms with E-state index in [1.54, 1.807) is 0 Å². The molecule has 0 amide bonds. The maximum atomic E-state index is 6.43. The van der Waals surface area contributed by atoms with Gasteiger partial charge in [-0.3, -0.25) is 4.99 Å². The molecule has 0 spiro atoms. The fourth-order valence-corrected chi connectivity index (χ4v) is 11.8. The summed E-state index contributed by atoms with van der Waals surface area (Å²) in [5.41, 5.74) is 13.4. The van der Waals surface area contributed by atoms with Crippen molar-refractivity contribution in [1.82, 2.24) is 4.98 Å². The quantitative estimate of drug-likeness (QED) is 0.123. The van der Waals surface area contributed by atoms with Crippen molar-refractivity contribution in [1.29, 1.82) is 0 Å². The molecule has 5 heteroatoms. The summed E-state index contributed by atoms with van der Waals surface area (Å²) in [4.78, 5) is 9.93. The molecular weight excluding hydrogens is 969 g/mol. The van der Waals surface area contributed by atoms with Gasteiger partial charge in [0.1, 0.15) is 5.58 Å². The Balaban J connectivity index is 0.000000194. The van der Waals surface area contributed by atoms with E-state index in [9.17, 15) is 0 Å². The number of benzene rings is 7. The van der Waals surface area contributed by atoms with Gasteiger partial charge in [0.05, 0.1) is 11.3 Å². The molecule has 299 valence electrons. The van der Waals surface area contributed by atoms with E-state index in [1.807, 2.05) is 36.4 Å². The second kappa shape index (κ2) is 16.9. The molecule has 0 saturated heterocycles. The third-order valence-electron chi connectivity index (χ3n) is 11.2. The summed E-state index contributed by atoms with van der Waals surface area (Å²) >= 11 is -1.90. The van der Waals surface area contributed by atoms with Crippen LogP contribution in [0.4, 0.5) is 5.69 Å². The molecule has 9 aromatic rings. The molecule has 3 nitrogen and oxygen atoms in total. The summed E-state index contributed by atoms with van der Waals surface area (Å²) in [7, 11) is 0. The van der Waals surface area contributed by atoms with Gasteiger partial charge in [0, 0.05) is 31.4 Å². The number of nitrogens with zero attached hydrogens (tertiary/aromatic N) is 2. The summed E-state index contributed by atoms with van der Waals surface area (Å²) in [6, 6.07) is 61.9. The molecule has 1 radical (unpaired) electrons. The molecule has 10 rings (SSSR count). The van der Waals surface area contributed by atoms with Gasteiger partial charge in [-0.25, -0.2) is 0 Å². The van der Waals surface area contributed by atoms with E-state index >= 15 is 0 Å². The molecule has 60 heavy (non-hydrogen) atoms.